The summed E-state index contributed by atoms with van der Waals surface area (Å²) in [4.78, 5) is 10.9. The highest BCUT2D eigenvalue weighted by Gasteiger charge is 2.00. The average Bonchev–Trinajstić information content (AvgIpc) is 2.02. The number of carbonyl (C=O) groups is 1. The Kier molecular flexibility index (Phi) is 6.44. The monoisotopic (exact) mass is 170 g/mol. The van der Waals surface area contributed by atoms with E-state index in [1.165, 1.54) is 5.57 Å². The van der Waals surface area contributed by atoms with Crippen molar-refractivity contribution in [2.45, 2.75) is 40.0 Å². The SMILES string of the molecule is CC/C=C(\C)CCC(=O)OCC. The molecule has 70 valence electrons. The molecule has 0 unspecified atom stereocenters. The zero-order valence-electron chi connectivity index (χ0n) is 8.22. The smallest absolute Gasteiger partial charge is 0.306 e. The fourth-order valence-corrected chi connectivity index (χ4v) is 0.983. The summed E-state index contributed by atoms with van der Waals surface area (Å²) in [6.45, 7) is 6.44. The van der Waals surface area contributed by atoms with Gasteiger partial charge in [-0.05, 0) is 26.7 Å². The summed E-state index contributed by atoms with van der Waals surface area (Å²) in [6.07, 6.45) is 4.51. The maximum Gasteiger partial charge on any atom is 0.306 e. The third-order valence-electron chi connectivity index (χ3n) is 1.58. The fraction of sp³-hybridized carbons (Fsp3) is 0.700. The van der Waals surface area contributed by atoms with Crippen molar-refractivity contribution in [3.05, 3.63) is 11.6 Å². The molecule has 0 aliphatic rings. The second-order valence-electron chi connectivity index (χ2n) is 2.76. The zero-order chi connectivity index (χ0) is 9.40. The molecule has 0 amide bonds. The van der Waals surface area contributed by atoms with E-state index in [4.69, 9.17) is 4.74 Å². The van der Waals surface area contributed by atoms with Crippen molar-refractivity contribution in [3.63, 3.8) is 0 Å². The van der Waals surface area contributed by atoms with Crippen molar-refractivity contribution >= 4 is 5.97 Å². The number of hydrogen-bond donors (Lipinski definition) is 0. The molecule has 0 saturated heterocycles. The van der Waals surface area contributed by atoms with Crippen LogP contribution < -0.4 is 0 Å². The van der Waals surface area contributed by atoms with Crippen LogP contribution in [0.5, 0.6) is 0 Å². The Hall–Kier alpha value is -0.790. The average molecular weight is 170 g/mol. The Bertz CT molecular complexity index is 159. The number of hydrogen-bond acceptors (Lipinski definition) is 2. The minimum absolute atomic E-state index is 0.0960. The van der Waals surface area contributed by atoms with Crippen LogP contribution in [0.2, 0.25) is 0 Å². The van der Waals surface area contributed by atoms with Crippen LogP contribution in [0.15, 0.2) is 11.6 Å². The molecule has 0 spiro atoms. The molecule has 0 bridgehead atoms. The predicted molar refractivity (Wildman–Crippen MR) is 49.9 cm³/mol. The molecule has 0 radical (unpaired) electrons. The van der Waals surface area contributed by atoms with E-state index in [2.05, 4.69) is 13.0 Å². The molecule has 0 aromatic heterocycles. The second kappa shape index (κ2) is 6.89. The summed E-state index contributed by atoms with van der Waals surface area (Å²) in [5, 5.41) is 0. The number of ether oxygens (including phenoxy) is 1. The quantitative estimate of drug-likeness (QED) is 0.468. The molecule has 2 heteroatoms. The summed E-state index contributed by atoms with van der Waals surface area (Å²) >= 11 is 0. The molecule has 12 heavy (non-hydrogen) atoms. The lowest BCUT2D eigenvalue weighted by atomic mass is 10.1. The zero-order valence-corrected chi connectivity index (χ0v) is 8.22. The minimum Gasteiger partial charge on any atom is -0.466 e. The summed E-state index contributed by atoms with van der Waals surface area (Å²) in [7, 11) is 0. The third-order valence-corrected chi connectivity index (χ3v) is 1.58. The van der Waals surface area contributed by atoms with Crippen LogP contribution in [0.4, 0.5) is 0 Å². The van der Waals surface area contributed by atoms with E-state index in [9.17, 15) is 4.79 Å². The topological polar surface area (TPSA) is 26.3 Å². The van der Waals surface area contributed by atoms with Crippen LogP contribution in [0.25, 0.3) is 0 Å². The van der Waals surface area contributed by atoms with Crippen LogP contribution >= 0.6 is 0 Å². The summed E-state index contributed by atoms with van der Waals surface area (Å²) in [5.74, 6) is -0.0960. The van der Waals surface area contributed by atoms with E-state index in [1.807, 2.05) is 13.8 Å². The largest absolute Gasteiger partial charge is 0.466 e. The second-order valence-corrected chi connectivity index (χ2v) is 2.76. The van der Waals surface area contributed by atoms with Crippen LogP contribution in [0, 0.1) is 0 Å². The van der Waals surface area contributed by atoms with Gasteiger partial charge < -0.3 is 4.74 Å². The van der Waals surface area contributed by atoms with Crippen molar-refractivity contribution in [2.24, 2.45) is 0 Å². The minimum atomic E-state index is -0.0960. The predicted octanol–water partition coefficient (Wildman–Crippen LogP) is 2.69. The number of rotatable bonds is 5. The van der Waals surface area contributed by atoms with Gasteiger partial charge in [0.2, 0.25) is 0 Å². The Morgan fingerprint density at radius 3 is 2.50 bits per heavy atom. The molecule has 0 fully saturated rings. The van der Waals surface area contributed by atoms with Gasteiger partial charge in [0, 0.05) is 6.42 Å². The van der Waals surface area contributed by atoms with Crippen molar-refractivity contribution in [3.8, 4) is 0 Å². The molecule has 0 rings (SSSR count). The molecule has 0 heterocycles. The Morgan fingerprint density at radius 2 is 2.00 bits per heavy atom. The Balaban J connectivity index is 3.53. The Labute approximate surface area is 74.6 Å². The summed E-state index contributed by atoms with van der Waals surface area (Å²) in [6, 6.07) is 0. The van der Waals surface area contributed by atoms with Gasteiger partial charge in [-0.1, -0.05) is 18.6 Å². The maximum absolute atomic E-state index is 10.9. The molecule has 0 aliphatic carbocycles. The van der Waals surface area contributed by atoms with Crippen molar-refractivity contribution in [1.29, 1.82) is 0 Å². The summed E-state index contributed by atoms with van der Waals surface area (Å²) < 4.78 is 4.80. The van der Waals surface area contributed by atoms with Gasteiger partial charge in [0.1, 0.15) is 0 Å². The van der Waals surface area contributed by atoms with Crippen LogP contribution in [-0.2, 0) is 9.53 Å². The summed E-state index contributed by atoms with van der Waals surface area (Å²) in [5.41, 5.74) is 1.27. The van der Waals surface area contributed by atoms with Gasteiger partial charge in [-0.15, -0.1) is 0 Å². The van der Waals surface area contributed by atoms with Gasteiger partial charge >= 0.3 is 5.97 Å². The van der Waals surface area contributed by atoms with E-state index < -0.39 is 0 Å². The molecule has 0 saturated carbocycles. The molecule has 0 aliphatic heterocycles. The van der Waals surface area contributed by atoms with Crippen LogP contribution in [0.1, 0.15) is 40.0 Å². The molecular formula is C10H18O2. The van der Waals surface area contributed by atoms with Gasteiger partial charge in [0.25, 0.3) is 0 Å². The first-order valence-electron chi connectivity index (χ1n) is 4.52. The molecule has 0 aromatic rings. The molecule has 0 aromatic carbocycles. The number of carbonyl (C=O) groups excluding carboxylic acids is 1. The highest BCUT2D eigenvalue weighted by Crippen LogP contribution is 2.05. The van der Waals surface area contributed by atoms with Crippen LogP contribution in [-0.4, -0.2) is 12.6 Å². The lowest BCUT2D eigenvalue weighted by molar-refractivity contribution is -0.143. The van der Waals surface area contributed by atoms with Crippen molar-refractivity contribution < 1.29 is 9.53 Å². The number of allylic oxidation sites excluding steroid dienone is 2. The third kappa shape index (κ3) is 5.96. The fourth-order valence-electron chi connectivity index (χ4n) is 0.983. The van der Waals surface area contributed by atoms with E-state index in [0.29, 0.717) is 13.0 Å². The van der Waals surface area contributed by atoms with Gasteiger partial charge in [-0.25, -0.2) is 0 Å². The first kappa shape index (κ1) is 11.2. The molecule has 2 nitrogen and oxygen atoms in total. The van der Waals surface area contributed by atoms with Crippen molar-refractivity contribution in [2.75, 3.05) is 6.61 Å². The van der Waals surface area contributed by atoms with Crippen LogP contribution in [0.3, 0.4) is 0 Å². The molecule has 0 N–H and O–H groups in total. The van der Waals surface area contributed by atoms with E-state index in [-0.39, 0.29) is 5.97 Å². The number of esters is 1. The van der Waals surface area contributed by atoms with E-state index in [0.717, 1.165) is 12.8 Å². The first-order valence-corrected chi connectivity index (χ1v) is 4.52. The lowest BCUT2D eigenvalue weighted by Crippen LogP contribution is -2.03. The highest BCUT2D eigenvalue weighted by molar-refractivity contribution is 5.69. The van der Waals surface area contributed by atoms with Gasteiger partial charge in [0.05, 0.1) is 6.61 Å². The van der Waals surface area contributed by atoms with E-state index in [1.54, 1.807) is 0 Å². The Morgan fingerprint density at radius 1 is 1.33 bits per heavy atom. The maximum atomic E-state index is 10.9. The molecule has 0 atom stereocenters. The normalized spacial score (nSPS) is 11.4. The van der Waals surface area contributed by atoms with Gasteiger partial charge in [-0.2, -0.15) is 0 Å². The lowest BCUT2D eigenvalue weighted by Gasteiger charge is -2.01. The van der Waals surface area contributed by atoms with Crippen molar-refractivity contribution in [1.82, 2.24) is 0 Å². The van der Waals surface area contributed by atoms with E-state index >= 15 is 0 Å². The van der Waals surface area contributed by atoms with Gasteiger partial charge in [0.15, 0.2) is 0 Å². The molecular weight excluding hydrogens is 152 g/mol. The first-order chi connectivity index (χ1) is 5.70. The standard InChI is InChI=1S/C10H18O2/c1-4-6-9(3)7-8-10(11)12-5-2/h6H,4-5,7-8H2,1-3H3/b9-6+. The van der Waals surface area contributed by atoms with Gasteiger partial charge in [-0.3, -0.25) is 4.79 Å². The highest BCUT2D eigenvalue weighted by atomic mass is 16.5.